The van der Waals surface area contributed by atoms with Gasteiger partial charge in [0.1, 0.15) is 26.0 Å². The number of ether oxygens (including phenoxy) is 2. The highest BCUT2D eigenvalue weighted by Gasteiger charge is 2.31. The summed E-state index contributed by atoms with van der Waals surface area (Å²) in [4.78, 5) is 32.2. The third-order valence-corrected chi connectivity index (χ3v) is 9.33. The lowest BCUT2D eigenvalue weighted by Crippen LogP contribution is -2.27. The molecule has 4 aromatic rings. The first-order valence-corrected chi connectivity index (χ1v) is 14.2. The molecule has 0 radical (unpaired) electrons. The maximum absolute atomic E-state index is 13.4. The van der Waals surface area contributed by atoms with Gasteiger partial charge in [-0.15, -0.1) is 22.7 Å². The Morgan fingerprint density at radius 2 is 1.89 bits per heavy atom. The number of amides is 1. The van der Waals surface area contributed by atoms with E-state index in [9.17, 15) is 9.59 Å². The third-order valence-electron chi connectivity index (χ3n) is 7.33. The van der Waals surface area contributed by atoms with Crippen molar-refractivity contribution in [3.05, 3.63) is 57.4 Å². The van der Waals surface area contributed by atoms with Crippen LogP contribution in [0.15, 0.2) is 35.7 Å². The number of nitrogen functional groups attached to an aromatic ring is 1. The zero-order chi connectivity index (χ0) is 27.2. The maximum Gasteiger partial charge on any atom is 0.341 e. The largest absolute Gasteiger partial charge is 0.497 e. The van der Waals surface area contributed by atoms with E-state index in [1.165, 1.54) is 35.3 Å². The smallest absolute Gasteiger partial charge is 0.341 e. The van der Waals surface area contributed by atoms with Crippen molar-refractivity contribution in [2.24, 2.45) is 11.3 Å². The van der Waals surface area contributed by atoms with Crippen LogP contribution in [0.2, 0.25) is 0 Å². The molecule has 38 heavy (non-hydrogen) atoms. The van der Waals surface area contributed by atoms with Crippen LogP contribution in [-0.4, -0.2) is 31.1 Å². The Hall–Kier alpha value is -3.43. The number of thiophene rings is 2. The van der Waals surface area contributed by atoms with Crippen LogP contribution < -0.4 is 15.8 Å². The zero-order valence-corrected chi connectivity index (χ0v) is 23.8. The molecule has 198 valence electrons. The van der Waals surface area contributed by atoms with Gasteiger partial charge in [-0.25, -0.2) is 9.78 Å². The van der Waals surface area contributed by atoms with E-state index in [1.54, 1.807) is 7.11 Å². The van der Waals surface area contributed by atoms with Gasteiger partial charge in [-0.2, -0.15) is 0 Å². The molecule has 1 aliphatic carbocycles. The van der Waals surface area contributed by atoms with Crippen LogP contribution in [0.1, 0.15) is 58.5 Å². The third kappa shape index (κ3) is 4.76. The normalized spacial score (nSPS) is 15.2. The molecule has 3 heterocycles. The van der Waals surface area contributed by atoms with Gasteiger partial charge in [0.2, 0.25) is 0 Å². The number of nitrogens with one attached hydrogen (secondary N) is 1. The molecule has 5 rings (SSSR count). The zero-order valence-electron chi connectivity index (χ0n) is 22.1. The molecular weight excluding hydrogens is 518 g/mol. The van der Waals surface area contributed by atoms with Crippen molar-refractivity contribution in [3.8, 4) is 16.9 Å². The summed E-state index contributed by atoms with van der Waals surface area (Å²) in [6.45, 7) is 6.84. The molecular formula is C29H31N3O4S2. The second kappa shape index (κ2) is 10.0. The van der Waals surface area contributed by atoms with Gasteiger partial charge in [0, 0.05) is 22.0 Å². The molecule has 1 aliphatic rings. The molecule has 1 aromatic carbocycles. The van der Waals surface area contributed by atoms with Crippen molar-refractivity contribution >= 4 is 55.5 Å². The number of carbonyl (C=O) groups is 2. The van der Waals surface area contributed by atoms with E-state index in [2.05, 4.69) is 32.2 Å². The van der Waals surface area contributed by atoms with Crippen LogP contribution in [0.4, 0.5) is 10.7 Å². The molecule has 3 aromatic heterocycles. The van der Waals surface area contributed by atoms with Gasteiger partial charge in [-0.05, 0) is 59.9 Å². The minimum absolute atomic E-state index is 0.223. The maximum atomic E-state index is 13.4. The fourth-order valence-corrected chi connectivity index (χ4v) is 6.94. The van der Waals surface area contributed by atoms with E-state index in [0.29, 0.717) is 38.4 Å². The van der Waals surface area contributed by atoms with E-state index >= 15 is 0 Å². The average molecular weight is 550 g/mol. The number of esters is 1. The summed E-state index contributed by atoms with van der Waals surface area (Å²) in [5.41, 5.74) is 11.3. The van der Waals surface area contributed by atoms with Gasteiger partial charge >= 0.3 is 5.97 Å². The van der Waals surface area contributed by atoms with Crippen LogP contribution in [0, 0.1) is 11.3 Å². The summed E-state index contributed by atoms with van der Waals surface area (Å²) < 4.78 is 10.3. The number of pyridine rings is 1. The van der Waals surface area contributed by atoms with Gasteiger partial charge in [0.25, 0.3) is 5.91 Å². The molecule has 7 nitrogen and oxygen atoms in total. The molecule has 1 amide bonds. The molecule has 0 saturated heterocycles. The number of methoxy groups -OCH3 is 2. The van der Waals surface area contributed by atoms with Gasteiger partial charge in [0.15, 0.2) is 0 Å². The fourth-order valence-electron chi connectivity index (χ4n) is 5.00. The molecule has 1 atom stereocenters. The lowest BCUT2D eigenvalue weighted by molar-refractivity contribution is 0.0603. The Morgan fingerprint density at radius 3 is 2.55 bits per heavy atom. The number of hydrogen-bond acceptors (Lipinski definition) is 8. The van der Waals surface area contributed by atoms with Crippen LogP contribution in [-0.2, 0) is 17.6 Å². The quantitative estimate of drug-likeness (QED) is 0.265. The first-order valence-electron chi connectivity index (χ1n) is 12.5. The number of fused-ring (bicyclic) bond motifs is 2. The molecule has 0 spiro atoms. The number of benzene rings is 1. The number of carbonyl (C=O) groups excluding carboxylic acids is 2. The number of anilines is 2. The molecule has 1 unspecified atom stereocenters. The Morgan fingerprint density at radius 1 is 1.16 bits per heavy atom. The number of rotatable bonds is 5. The van der Waals surface area contributed by atoms with Crippen molar-refractivity contribution in [1.29, 1.82) is 0 Å². The summed E-state index contributed by atoms with van der Waals surface area (Å²) in [6.07, 6.45) is 3.00. The number of nitrogens with two attached hydrogens (primary N) is 1. The molecule has 0 fully saturated rings. The topological polar surface area (TPSA) is 104 Å². The Bertz CT molecular complexity index is 1530. The van der Waals surface area contributed by atoms with Crippen LogP contribution in [0.3, 0.4) is 0 Å². The molecule has 3 N–H and O–H groups in total. The van der Waals surface area contributed by atoms with Crippen LogP contribution in [0.25, 0.3) is 21.3 Å². The number of aromatic nitrogens is 1. The Labute approximate surface area is 230 Å². The highest BCUT2D eigenvalue weighted by atomic mass is 32.1. The summed E-state index contributed by atoms with van der Waals surface area (Å²) in [7, 11) is 2.92. The van der Waals surface area contributed by atoms with Gasteiger partial charge in [-0.3, -0.25) is 4.79 Å². The molecule has 0 aliphatic heterocycles. The van der Waals surface area contributed by atoms with Crippen molar-refractivity contribution < 1.29 is 19.1 Å². The van der Waals surface area contributed by atoms with Gasteiger partial charge in [-0.1, -0.05) is 32.9 Å². The standard InChI is InChI=1S/C29H31N3O4S2/c1-29(2,3)17-8-11-21-16(12-17)13-19-23(30)24(38-26(19)31-21)25(33)32-27-22(28(34)36-5)20(14-37-27)15-6-9-18(35-4)10-7-15/h6-7,9-10,13-14,17H,8,11-12,30H2,1-5H3,(H,32,33). The van der Waals surface area contributed by atoms with Gasteiger partial charge in [0.05, 0.1) is 19.9 Å². The van der Waals surface area contributed by atoms with Gasteiger partial charge < -0.3 is 20.5 Å². The lowest BCUT2D eigenvalue weighted by atomic mass is 9.71. The van der Waals surface area contributed by atoms with Crippen LogP contribution in [0.5, 0.6) is 5.75 Å². The summed E-state index contributed by atoms with van der Waals surface area (Å²) in [6, 6.07) is 9.48. The Balaban J connectivity index is 1.47. The van der Waals surface area contributed by atoms with E-state index < -0.39 is 5.97 Å². The van der Waals surface area contributed by atoms with E-state index in [-0.39, 0.29) is 11.3 Å². The first kappa shape index (κ1) is 26.2. The average Bonchev–Trinajstić information content (AvgIpc) is 3.46. The number of hydrogen-bond donors (Lipinski definition) is 2. The van der Waals surface area contributed by atoms with Crippen molar-refractivity contribution in [2.45, 2.75) is 40.0 Å². The van der Waals surface area contributed by atoms with Crippen molar-refractivity contribution in [3.63, 3.8) is 0 Å². The fraction of sp³-hybridized carbons (Fsp3) is 0.345. The molecule has 9 heteroatoms. The predicted molar refractivity (Wildman–Crippen MR) is 155 cm³/mol. The monoisotopic (exact) mass is 549 g/mol. The molecule has 0 bridgehead atoms. The number of aryl methyl sites for hydroxylation is 1. The highest BCUT2D eigenvalue weighted by Crippen LogP contribution is 2.41. The summed E-state index contributed by atoms with van der Waals surface area (Å²) in [5.74, 6) is 0.387. The van der Waals surface area contributed by atoms with E-state index in [0.717, 1.165) is 40.7 Å². The SMILES string of the molecule is COC(=O)c1c(-c2ccc(OC)cc2)csc1NC(=O)c1sc2nc3c(cc2c1N)CC(C(C)(C)C)CC3. The predicted octanol–water partition coefficient (Wildman–Crippen LogP) is 6.81. The minimum Gasteiger partial charge on any atom is -0.497 e. The number of nitrogens with zero attached hydrogens (tertiary/aromatic N) is 1. The highest BCUT2D eigenvalue weighted by molar-refractivity contribution is 7.21. The van der Waals surface area contributed by atoms with Crippen molar-refractivity contribution in [1.82, 2.24) is 4.98 Å². The lowest BCUT2D eigenvalue weighted by Gasteiger charge is -2.34. The van der Waals surface area contributed by atoms with E-state index in [1.807, 2.05) is 29.6 Å². The Kier molecular flexibility index (Phi) is 6.92. The van der Waals surface area contributed by atoms with Crippen LogP contribution >= 0.6 is 22.7 Å². The molecule has 0 saturated carbocycles. The van der Waals surface area contributed by atoms with Crippen molar-refractivity contribution in [2.75, 3.05) is 25.3 Å². The summed E-state index contributed by atoms with van der Waals surface area (Å²) >= 11 is 2.55. The van der Waals surface area contributed by atoms with E-state index in [4.69, 9.17) is 20.2 Å². The second-order valence-corrected chi connectivity index (χ2v) is 12.5. The first-order chi connectivity index (χ1) is 18.1. The second-order valence-electron chi connectivity index (χ2n) is 10.6. The summed E-state index contributed by atoms with van der Waals surface area (Å²) in [5, 5.41) is 5.96. The minimum atomic E-state index is -0.528.